The average Bonchev–Trinajstić information content (AvgIpc) is 3.16. The van der Waals surface area contributed by atoms with Gasteiger partial charge in [0.2, 0.25) is 5.91 Å². The third-order valence-electron chi connectivity index (χ3n) is 5.43. The van der Waals surface area contributed by atoms with Crippen molar-refractivity contribution in [2.75, 3.05) is 13.7 Å². The molecule has 1 aliphatic heterocycles. The number of benzene rings is 1. The summed E-state index contributed by atoms with van der Waals surface area (Å²) in [6.45, 7) is 5.14. The molecule has 0 unspecified atom stereocenters. The van der Waals surface area contributed by atoms with Gasteiger partial charge in [0.05, 0.1) is 13.2 Å². The van der Waals surface area contributed by atoms with Crippen LogP contribution in [0.5, 0.6) is 5.75 Å². The first-order chi connectivity index (χ1) is 12.7. The number of rotatable bonds is 7. The molecule has 0 spiro atoms. The second kappa shape index (κ2) is 8.72. The Balaban J connectivity index is 1.93. The van der Waals surface area contributed by atoms with Gasteiger partial charge in [0, 0.05) is 17.3 Å². The van der Waals surface area contributed by atoms with E-state index in [0.29, 0.717) is 5.91 Å². The maximum Gasteiger partial charge on any atom is 0.226 e. The fourth-order valence-electron chi connectivity index (χ4n) is 3.89. The Bertz CT molecular complexity index is 722. The molecule has 140 valence electrons. The number of fused-ring (bicyclic) bond motifs is 1. The molecule has 0 bridgehead atoms. The standard InChI is InChI=1S/C22H29NO2S/c1-4-6-7-16(5-2)22(24)23-14-12-20-19(13-15-26-20)21(23)17-8-10-18(25-3)11-9-17/h8-11,13,15-16,21H,4-7,12,14H2,1-3H3/t16-,21+/m1/s1. The van der Waals surface area contributed by atoms with Crippen molar-refractivity contribution >= 4 is 17.2 Å². The van der Waals surface area contributed by atoms with Crippen LogP contribution in [-0.4, -0.2) is 24.5 Å². The monoisotopic (exact) mass is 371 g/mol. The third-order valence-corrected chi connectivity index (χ3v) is 6.43. The Labute approximate surface area is 161 Å². The van der Waals surface area contributed by atoms with Crippen LogP contribution in [0.4, 0.5) is 0 Å². The first-order valence-corrected chi connectivity index (χ1v) is 10.6. The molecule has 0 saturated carbocycles. The fraction of sp³-hybridized carbons (Fsp3) is 0.500. The van der Waals surface area contributed by atoms with Crippen LogP contribution in [0.2, 0.25) is 0 Å². The highest BCUT2D eigenvalue weighted by atomic mass is 32.1. The molecule has 0 fully saturated rings. The van der Waals surface area contributed by atoms with Gasteiger partial charge in [-0.05, 0) is 54.0 Å². The summed E-state index contributed by atoms with van der Waals surface area (Å²) in [6.07, 6.45) is 5.14. The van der Waals surface area contributed by atoms with Gasteiger partial charge in [0.25, 0.3) is 0 Å². The Kier molecular flexibility index (Phi) is 6.36. The Morgan fingerprint density at radius 3 is 2.69 bits per heavy atom. The van der Waals surface area contributed by atoms with E-state index in [1.807, 2.05) is 23.5 Å². The second-order valence-electron chi connectivity index (χ2n) is 7.00. The highest BCUT2D eigenvalue weighted by Crippen LogP contribution is 2.39. The lowest BCUT2D eigenvalue weighted by atomic mass is 9.90. The first kappa shape index (κ1) is 19.0. The molecule has 0 aliphatic carbocycles. The van der Waals surface area contributed by atoms with Crippen molar-refractivity contribution in [1.29, 1.82) is 0 Å². The molecule has 0 radical (unpaired) electrons. The number of hydrogen-bond acceptors (Lipinski definition) is 3. The lowest BCUT2D eigenvalue weighted by Crippen LogP contribution is -2.43. The molecule has 4 heteroatoms. The Hall–Kier alpha value is -1.81. The van der Waals surface area contributed by atoms with E-state index in [0.717, 1.165) is 44.4 Å². The van der Waals surface area contributed by atoms with Crippen LogP contribution in [0.3, 0.4) is 0 Å². The van der Waals surface area contributed by atoms with Crippen molar-refractivity contribution < 1.29 is 9.53 Å². The van der Waals surface area contributed by atoms with E-state index in [-0.39, 0.29) is 12.0 Å². The minimum atomic E-state index is 0.0269. The topological polar surface area (TPSA) is 29.5 Å². The van der Waals surface area contributed by atoms with Gasteiger partial charge in [0.15, 0.2) is 0 Å². The first-order valence-electron chi connectivity index (χ1n) is 9.70. The summed E-state index contributed by atoms with van der Waals surface area (Å²) in [4.78, 5) is 16.9. The number of ether oxygens (including phenoxy) is 1. The summed E-state index contributed by atoms with van der Waals surface area (Å²) in [5.41, 5.74) is 2.47. The van der Waals surface area contributed by atoms with Crippen LogP contribution in [0.1, 0.15) is 61.6 Å². The van der Waals surface area contributed by atoms with Crippen molar-refractivity contribution in [1.82, 2.24) is 4.90 Å². The zero-order valence-electron chi connectivity index (χ0n) is 16.0. The van der Waals surface area contributed by atoms with Gasteiger partial charge in [-0.3, -0.25) is 4.79 Å². The van der Waals surface area contributed by atoms with Crippen LogP contribution < -0.4 is 4.74 Å². The van der Waals surface area contributed by atoms with Crippen LogP contribution in [0, 0.1) is 5.92 Å². The minimum Gasteiger partial charge on any atom is -0.497 e. The zero-order valence-corrected chi connectivity index (χ0v) is 16.8. The van der Waals surface area contributed by atoms with Crippen LogP contribution in [0.15, 0.2) is 35.7 Å². The molecule has 1 aromatic heterocycles. The number of carbonyl (C=O) groups is 1. The maximum atomic E-state index is 13.4. The summed E-state index contributed by atoms with van der Waals surface area (Å²) in [6, 6.07) is 10.4. The lowest BCUT2D eigenvalue weighted by molar-refractivity contribution is -0.138. The number of unbranched alkanes of at least 4 members (excludes halogenated alkanes) is 1. The van der Waals surface area contributed by atoms with E-state index in [9.17, 15) is 4.79 Å². The van der Waals surface area contributed by atoms with Gasteiger partial charge < -0.3 is 9.64 Å². The molecule has 26 heavy (non-hydrogen) atoms. The van der Waals surface area contributed by atoms with Gasteiger partial charge in [-0.15, -0.1) is 11.3 Å². The van der Waals surface area contributed by atoms with Gasteiger partial charge in [-0.25, -0.2) is 0 Å². The summed E-state index contributed by atoms with van der Waals surface area (Å²) in [7, 11) is 1.68. The number of amides is 1. The fourth-order valence-corrected chi connectivity index (χ4v) is 4.79. The van der Waals surface area contributed by atoms with Gasteiger partial charge in [-0.1, -0.05) is 38.8 Å². The summed E-state index contributed by atoms with van der Waals surface area (Å²) in [5.74, 6) is 1.30. The van der Waals surface area contributed by atoms with E-state index in [1.165, 1.54) is 16.0 Å². The number of nitrogens with zero attached hydrogens (tertiary/aromatic N) is 1. The summed E-state index contributed by atoms with van der Waals surface area (Å²) in [5, 5.41) is 2.16. The molecule has 0 saturated heterocycles. The quantitative estimate of drug-likeness (QED) is 0.648. The molecule has 2 heterocycles. The summed E-state index contributed by atoms with van der Waals surface area (Å²) >= 11 is 1.81. The smallest absolute Gasteiger partial charge is 0.226 e. The highest BCUT2D eigenvalue weighted by Gasteiger charge is 2.35. The number of methoxy groups -OCH3 is 1. The van der Waals surface area contributed by atoms with Crippen molar-refractivity contribution in [2.24, 2.45) is 5.92 Å². The van der Waals surface area contributed by atoms with Crippen LogP contribution >= 0.6 is 11.3 Å². The molecular formula is C22H29NO2S. The molecule has 3 rings (SSSR count). The third kappa shape index (κ3) is 3.80. The number of hydrogen-bond donors (Lipinski definition) is 0. The normalized spacial score (nSPS) is 17.7. The zero-order chi connectivity index (χ0) is 18.5. The van der Waals surface area contributed by atoms with Crippen LogP contribution in [-0.2, 0) is 11.2 Å². The molecule has 1 aromatic carbocycles. The van der Waals surface area contributed by atoms with Crippen molar-refractivity contribution in [2.45, 2.75) is 52.0 Å². The van der Waals surface area contributed by atoms with Crippen molar-refractivity contribution in [3.8, 4) is 5.75 Å². The largest absolute Gasteiger partial charge is 0.497 e. The average molecular weight is 372 g/mol. The van der Waals surface area contributed by atoms with E-state index in [4.69, 9.17) is 4.74 Å². The van der Waals surface area contributed by atoms with Crippen molar-refractivity contribution in [3.63, 3.8) is 0 Å². The van der Waals surface area contributed by atoms with E-state index in [1.54, 1.807) is 7.11 Å². The molecule has 2 atom stereocenters. The predicted molar refractivity (Wildman–Crippen MR) is 108 cm³/mol. The molecular weight excluding hydrogens is 342 g/mol. The Morgan fingerprint density at radius 2 is 2.04 bits per heavy atom. The van der Waals surface area contributed by atoms with Crippen LogP contribution in [0.25, 0.3) is 0 Å². The van der Waals surface area contributed by atoms with Gasteiger partial charge in [-0.2, -0.15) is 0 Å². The number of carbonyl (C=O) groups excluding carboxylic acids is 1. The predicted octanol–water partition coefficient (Wildman–Crippen LogP) is 5.45. The lowest BCUT2D eigenvalue weighted by Gasteiger charge is -2.38. The molecule has 1 amide bonds. The molecule has 3 nitrogen and oxygen atoms in total. The van der Waals surface area contributed by atoms with E-state index >= 15 is 0 Å². The highest BCUT2D eigenvalue weighted by molar-refractivity contribution is 7.10. The number of thiophene rings is 1. The van der Waals surface area contributed by atoms with Gasteiger partial charge in [0.1, 0.15) is 5.75 Å². The minimum absolute atomic E-state index is 0.0269. The SMILES string of the molecule is CCCC[C@@H](CC)C(=O)N1CCc2sccc2[C@@H]1c1ccc(OC)cc1. The van der Waals surface area contributed by atoms with Gasteiger partial charge >= 0.3 is 0 Å². The summed E-state index contributed by atoms with van der Waals surface area (Å²) < 4.78 is 5.31. The molecule has 0 N–H and O–H groups in total. The van der Waals surface area contributed by atoms with E-state index < -0.39 is 0 Å². The molecule has 2 aromatic rings. The van der Waals surface area contributed by atoms with Crippen molar-refractivity contribution in [3.05, 3.63) is 51.7 Å². The van der Waals surface area contributed by atoms with E-state index in [2.05, 4.69) is 42.3 Å². The second-order valence-corrected chi connectivity index (χ2v) is 8.00. The Morgan fingerprint density at radius 1 is 1.27 bits per heavy atom. The molecule has 1 aliphatic rings. The maximum absolute atomic E-state index is 13.4.